The Morgan fingerprint density at radius 2 is 0.762 bits per heavy atom. The molecule has 128 valence electrons. The van der Waals surface area contributed by atoms with Gasteiger partial charge >= 0.3 is 0 Å². The first kappa shape index (κ1) is 21.0. The van der Waals surface area contributed by atoms with E-state index in [0.717, 1.165) is 5.92 Å². The monoisotopic (exact) mass is 296 g/mol. The molecule has 0 aromatic rings. The number of hydrogen-bond acceptors (Lipinski definition) is 0. The molecule has 0 saturated carbocycles. The predicted molar refractivity (Wildman–Crippen MR) is 99.0 cm³/mol. The first-order valence-electron chi connectivity index (χ1n) is 10.3. The highest BCUT2D eigenvalue weighted by Gasteiger charge is 2.05. The zero-order valence-electron chi connectivity index (χ0n) is 15.6. The topological polar surface area (TPSA) is 0 Å². The van der Waals surface area contributed by atoms with Crippen molar-refractivity contribution in [1.29, 1.82) is 0 Å². The molecule has 0 heterocycles. The minimum absolute atomic E-state index is 1.03. The van der Waals surface area contributed by atoms with Crippen LogP contribution in [-0.2, 0) is 0 Å². The fourth-order valence-electron chi connectivity index (χ4n) is 3.52. The SMILES string of the molecule is CCCCCCCCCCCCCCC(CCC)CCC. The van der Waals surface area contributed by atoms with E-state index in [9.17, 15) is 0 Å². The third-order valence-electron chi connectivity index (χ3n) is 4.86. The third-order valence-corrected chi connectivity index (χ3v) is 4.86. The molecule has 0 radical (unpaired) electrons. The Balaban J connectivity index is 3.17. The third kappa shape index (κ3) is 16.2. The molecular weight excluding hydrogens is 252 g/mol. The lowest BCUT2D eigenvalue weighted by molar-refractivity contribution is 0.390. The molecule has 0 aromatic carbocycles. The standard InChI is InChI=1S/C21H44/c1-4-7-8-9-10-11-12-13-14-15-16-17-20-21(18-5-2)19-6-3/h21H,4-20H2,1-3H3. The smallest absolute Gasteiger partial charge is 0.0414 e. The fourth-order valence-corrected chi connectivity index (χ4v) is 3.52. The van der Waals surface area contributed by atoms with Crippen molar-refractivity contribution in [2.45, 2.75) is 130 Å². The maximum absolute atomic E-state index is 2.34. The van der Waals surface area contributed by atoms with Gasteiger partial charge in [-0.05, 0) is 5.92 Å². The Kier molecular flexibility index (Phi) is 18.1. The maximum atomic E-state index is 2.34. The van der Waals surface area contributed by atoms with E-state index in [0.29, 0.717) is 0 Å². The van der Waals surface area contributed by atoms with Crippen LogP contribution in [0, 0.1) is 5.92 Å². The van der Waals surface area contributed by atoms with Gasteiger partial charge in [0.15, 0.2) is 0 Å². The lowest BCUT2D eigenvalue weighted by atomic mass is 9.92. The lowest BCUT2D eigenvalue weighted by Gasteiger charge is -2.14. The van der Waals surface area contributed by atoms with Crippen LogP contribution in [0.5, 0.6) is 0 Å². The van der Waals surface area contributed by atoms with Crippen molar-refractivity contribution in [1.82, 2.24) is 0 Å². The van der Waals surface area contributed by atoms with Crippen LogP contribution < -0.4 is 0 Å². The second-order valence-electron chi connectivity index (χ2n) is 7.12. The van der Waals surface area contributed by atoms with E-state index >= 15 is 0 Å². The van der Waals surface area contributed by atoms with Gasteiger partial charge in [-0.2, -0.15) is 0 Å². The summed E-state index contributed by atoms with van der Waals surface area (Å²) in [7, 11) is 0. The molecule has 0 aliphatic carbocycles. The first-order valence-corrected chi connectivity index (χ1v) is 10.3. The zero-order chi connectivity index (χ0) is 15.6. The van der Waals surface area contributed by atoms with Gasteiger partial charge in [-0.15, -0.1) is 0 Å². The molecule has 0 rings (SSSR count). The van der Waals surface area contributed by atoms with Gasteiger partial charge in [-0.3, -0.25) is 0 Å². The van der Waals surface area contributed by atoms with Crippen molar-refractivity contribution in [3.05, 3.63) is 0 Å². The normalized spacial score (nSPS) is 11.4. The molecule has 0 saturated heterocycles. The van der Waals surface area contributed by atoms with Crippen LogP contribution in [-0.4, -0.2) is 0 Å². The summed E-state index contributed by atoms with van der Waals surface area (Å²) in [5.74, 6) is 1.03. The van der Waals surface area contributed by atoms with Gasteiger partial charge in [-0.1, -0.05) is 130 Å². The summed E-state index contributed by atoms with van der Waals surface area (Å²) in [6, 6.07) is 0. The largest absolute Gasteiger partial charge is 0.0654 e. The molecule has 0 aliphatic heterocycles. The quantitative estimate of drug-likeness (QED) is 0.237. The summed E-state index contributed by atoms with van der Waals surface area (Å²) in [6.45, 7) is 6.97. The van der Waals surface area contributed by atoms with Crippen LogP contribution >= 0.6 is 0 Å². The van der Waals surface area contributed by atoms with E-state index in [4.69, 9.17) is 0 Å². The summed E-state index contributed by atoms with van der Waals surface area (Å²) >= 11 is 0. The Morgan fingerprint density at radius 1 is 0.381 bits per heavy atom. The number of rotatable bonds is 17. The van der Waals surface area contributed by atoms with Crippen LogP contribution in [0.25, 0.3) is 0 Å². The van der Waals surface area contributed by atoms with Crippen LogP contribution in [0.2, 0.25) is 0 Å². The zero-order valence-corrected chi connectivity index (χ0v) is 15.6. The predicted octanol–water partition coefficient (Wildman–Crippen LogP) is 8.29. The van der Waals surface area contributed by atoms with Gasteiger partial charge in [0, 0.05) is 0 Å². The highest BCUT2D eigenvalue weighted by molar-refractivity contribution is 4.59. The van der Waals surface area contributed by atoms with Gasteiger partial charge in [0.05, 0.1) is 0 Å². The minimum atomic E-state index is 1.03. The second-order valence-corrected chi connectivity index (χ2v) is 7.12. The van der Waals surface area contributed by atoms with Crippen LogP contribution in [0.4, 0.5) is 0 Å². The average molecular weight is 297 g/mol. The van der Waals surface area contributed by atoms with E-state index in [2.05, 4.69) is 20.8 Å². The molecule has 0 N–H and O–H groups in total. The van der Waals surface area contributed by atoms with Gasteiger partial charge in [0.1, 0.15) is 0 Å². The number of unbranched alkanes of at least 4 members (excludes halogenated alkanes) is 11. The summed E-state index contributed by atoms with van der Waals surface area (Å²) < 4.78 is 0. The molecular formula is C21H44. The van der Waals surface area contributed by atoms with Crippen molar-refractivity contribution in [3.63, 3.8) is 0 Å². The summed E-state index contributed by atoms with van der Waals surface area (Å²) in [4.78, 5) is 0. The minimum Gasteiger partial charge on any atom is -0.0654 e. The fraction of sp³-hybridized carbons (Fsp3) is 1.00. The van der Waals surface area contributed by atoms with Crippen LogP contribution in [0.1, 0.15) is 130 Å². The van der Waals surface area contributed by atoms with Crippen LogP contribution in [0.3, 0.4) is 0 Å². The molecule has 0 fully saturated rings. The van der Waals surface area contributed by atoms with Crippen molar-refractivity contribution in [2.24, 2.45) is 5.92 Å². The molecule has 0 bridgehead atoms. The number of hydrogen-bond donors (Lipinski definition) is 0. The van der Waals surface area contributed by atoms with E-state index < -0.39 is 0 Å². The Morgan fingerprint density at radius 3 is 1.14 bits per heavy atom. The van der Waals surface area contributed by atoms with Gasteiger partial charge in [0.2, 0.25) is 0 Å². The van der Waals surface area contributed by atoms with Crippen molar-refractivity contribution in [3.8, 4) is 0 Å². The average Bonchev–Trinajstić information content (AvgIpc) is 2.48. The lowest BCUT2D eigenvalue weighted by Crippen LogP contribution is -1.99. The second kappa shape index (κ2) is 18.1. The molecule has 0 atom stereocenters. The Hall–Kier alpha value is 0. The van der Waals surface area contributed by atoms with Crippen molar-refractivity contribution < 1.29 is 0 Å². The Bertz CT molecular complexity index is 167. The van der Waals surface area contributed by atoms with E-state index in [1.165, 1.54) is 109 Å². The Labute approximate surface area is 136 Å². The summed E-state index contributed by atoms with van der Waals surface area (Å²) in [5, 5.41) is 0. The molecule has 0 unspecified atom stereocenters. The first-order chi connectivity index (χ1) is 10.3. The molecule has 0 heteroatoms. The van der Waals surface area contributed by atoms with E-state index in [1.807, 2.05) is 0 Å². The van der Waals surface area contributed by atoms with Crippen molar-refractivity contribution >= 4 is 0 Å². The summed E-state index contributed by atoms with van der Waals surface area (Å²) in [5.41, 5.74) is 0. The molecule has 0 amide bonds. The van der Waals surface area contributed by atoms with Gasteiger partial charge in [-0.25, -0.2) is 0 Å². The highest BCUT2D eigenvalue weighted by atomic mass is 14.1. The molecule has 0 spiro atoms. The highest BCUT2D eigenvalue weighted by Crippen LogP contribution is 2.21. The molecule has 0 aromatic heterocycles. The maximum Gasteiger partial charge on any atom is -0.0414 e. The molecule has 0 nitrogen and oxygen atoms in total. The summed E-state index contributed by atoms with van der Waals surface area (Å²) in [6.07, 6.45) is 24.8. The molecule has 0 aliphatic rings. The van der Waals surface area contributed by atoms with Crippen molar-refractivity contribution in [2.75, 3.05) is 0 Å². The van der Waals surface area contributed by atoms with Crippen LogP contribution in [0.15, 0.2) is 0 Å². The van der Waals surface area contributed by atoms with Gasteiger partial charge in [0.25, 0.3) is 0 Å². The van der Waals surface area contributed by atoms with Gasteiger partial charge < -0.3 is 0 Å². The molecule has 21 heavy (non-hydrogen) atoms. The van der Waals surface area contributed by atoms with E-state index in [-0.39, 0.29) is 0 Å². The van der Waals surface area contributed by atoms with E-state index in [1.54, 1.807) is 0 Å².